The maximum absolute atomic E-state index is 9.84. The van der Waals surface area contributed by atoms with E-state index in [1.54, 1.807) is 0 Å². The van der Waals surface area contributed by atoms with Crippen molar-refractivity contribution in [3.8, 4) is 0 Å². The summed E-state index contributed by atoms with van der Waals surface area (Å²) in [5, 5.41) is 18.3. The Morgan fingerprint density at radius 1 is 1.15 bits per heavy atom. The lowest BCUT2D eigenvalue weighted by Gasteiger charge is -2.35. The van der Waals surface area contributed by atoms with Crippen molar-refractivity contribution in [2.45, 2.75) is 64.5 Å². The highest BCUT2D eigenvalue weighted by Crippen LogP contribution is 2.17. The summed E-state index contributed by atoms with van der Waals surface area (Å²) in [6.45, 7) is 17.9. The lowest BCUT2D eigenvalue weighted by molar-refractivity contribution is -0.134. The lowest BCUT2D eigenvalue weighted by atomic mass is 10.4. The first kappa shape index (κ1) is 27.9. The second kappa shape index (κ2) is 13.8. The third-order valence-electron chi connectivity index (χ3n) is 2.73. The largest absolute Gasteiger partial charge is 0.466 e. The number of aliphatic hydroxyl groups excluding tert-OH is 2. The van der Waals surface area contributed by atoms with E-state index in [0.717, 1.165) is 12.5 Å². The van der Waals surface area contributed by atoms with Crippen LogP contribution in [0.3, 0.4) is 0 Å². The van der Waals surface area contributed by atoms with Crippen molar-refractivity contribution >= 4 is 31.9 Å². The fourth-order valence-electron chi connectivity index (χ4n) is 1.63. The highest BCUT2D eigenvalue weighted by Gasteiger charge is 2.35. The number of carbonyl (C=O) groups excluding carboxylic acids is 1. The van der Waals surface area contributed by atoms with Crippen LogP contribution in [-0.2, 0) is 22.5 Å². The zero-order chi connectivity index (χ0) is 21.0. The van der Waals surface area contributed by atoms with Crippen molar-refractivity contribution in [3.63, 3.8) is 0 Å². The van der Waals surface area contributed by atoms with Crippen molar-refractivity contribution in [2.75, 3.05) is 20.3 Å². The fourth-order valence-corrected chi connectivity index (χ4v) is 9.70. The Bertz CT molecular complexity index is 378. The quantitative estimate of drug-likeness (QED) is 0.296. The van der Waals surface area contributed by atoms with Gasteiger partial charge in [0.15, 0.2) is 16.6 Å². The van der Waals surface area contributed by atoms with Gasteiger partial charge in [0.25, 0.3) is 0 Å². The molecule has 0 aliphatic rings. The maximum Gasteiger partial charge on any atom is 0.330 e. The van der Waals surface area contributed by atoms with Gasteiger partial charge in [-0.25, -0.2) is 4.79 Å². The molecule has 0 aromatic heterocycles. The van der Waals surface area contributed by atoms with Gasteiger partial charge in [0.05, 0.1) is 26.1 Å². The highest BCUT2D eigenvalue weighted by atomic mass is 28.4. The molecular weight excluding hydrogens is 388 g/mol. The molecule has 0 saturated heterocycles. The Labute approximate surface area is 162 Å². The minimum absolute atomic E-state index is 0.0883. The van der Waals surface area contributed by atoms with Crippen LogP contribution in [0.25, 0.3) is 0 Å². The Hall–Kier alpha value is -0.339. The van der Waals surface area contributed by atoms with E-state index in [9.17, 15) is 9.90 Å². The number of esters is 1. The summed E-state index contributed by atoms with van der Waals surface area (Å²) < 4.78 is 22.4. The minimum atomic E-state index is -1.96. The topological polar surface area (TPSA) is 94.5 Å². The Morgan fingerprint density at radius 3 is 1.85 bits per heavy atom. The lowest BCUT2D eigenvalue weighted by Crippen LogP contribution is -2.51. The van der Waals surface area contributed by atoms with Crippen LogP contribution in [0, 0.1) is 0 Å². The molecule has 0 heterocycles. The van der Waals surface area contributed by atoms with Crippen LogP contribution in [0.5, 0.6) is 0 Å². The first-order valence-electron chi connectivity index (χ1n) is 8.76. The molecule has 2 N–H and O–H groups in total. The predicted octanol–water partition coefficient (Wildman–Crippen LogP) is 1.94. The molecule has 0 amide bonds. The summed E-state index contributed by atoms with van der Waals surface area (Å²) in [5.41, 5.74) is -0.0883. The molecule has 0 aromatic carbocycles. The monoisotopic (exact) mass is 426 g/mol. The van der Waals surface area contributed by atoms with Crippen LogP contribution < -0.4 is 0 Å². The predicted molar refractivity (Wildman–Crippen MR) is 111 cm³/mol. The molecular formula is C16H38O7Si3. The molecule has 26 heavy (non-hydrogen) atoms. The average Bonchev–Trinajstić information content (AvgIpc) is 2.51. The summed E-state index contributed by atoms with van der Waals surface area (Å²) in [4.78, 5) is 9.84. The number of rotatable bonds is 11. The van der Waals surface area contributed by atoms with Crippen molar-refractivity contribution in [1.29, 1.82) is 0 Å². The van der Waals surface area contributed by atoms with E-state index in [-0.39, 0.29) is 18.9 Å². The zero-order valence-electron chi connectivity index (χ0n) is 17.6. The third-order valence-corrected chi connectivity index (χ3v) is 11.5. The molecule has 7 nitrogen and oxygen atoms in total. The first-order chi connectivity index (χ1) is 11.8. The summed E-state index contributed by atoms with van der Waals surface area (Å²) in [7, 11) is -4.04. The molecule has 0 bridgehead atoms. The van der Waals surface area contributed by atoms with Crippen molar-refractivity contribution < 1.29 is 32.7 Å². The Kier molecular flexibility index (Phi) is 14.8. The van der Waals surface area contributed by atoms with E-state index >= 15 is 0 Å². The van der Waals surface area contributed by atoms with Crippen LogP contribution in [0.2, 0.25) is 39.3 Å². The van der Waals surface area contributed by atoms with Crippen LogP contribution in [0.15, 0.2) is 12.7 Å². The van der Waals surface area contributed by atoms with Gasteiger partial charge in [-0.1, -0.05) is 13.5 Å². The van der Waals surface area contributed by atoms with Crippen molar-refractivity contribution in [1.82, 2.24) is 0 Å². The van der Waals surface area contributed by atoms with Gasteiger partial charge in [-0.05, 0) is 45.7 Å². The molecule has 10 heteroatoms. The fraction of sp³-hybridized carbons (Fsp3) is 0.812. The van der Waals surface area contributed by atoms with E-state index in [0.29, 0.717) is 0 Å². The second-order valence-electron chi connectivity index (χ2n) is 7.67. The smallest absolute Gasteiger partial charge is 0.330 e. The molecule has 0 aromatic rings. The van der Waals surface area contributed by atoms with Gasteiger partial charge in [0, 0.05) is 6.08 Å². The van der Waals surface area contributed by atoms with Gasteiger partial charge in [0.2, 0.25) is 0 Å². The number of aliphatic hydroxyl groups is 2. The van der Waals surface area contributed by atoms with Gasteiger partial charge in [-0.2, -0.15) is 0 Å². The minimum Gasteiger partial charge on any atom is -0.466 e. The van der Waals surface area contributed by atoms with Gasteiger partial charge < -0.3 is 27.9 Å². The Balaban J connectivity index is 0. The number of carbonyl (C=O) groups is 1. The SMILES string of the molecule is C=CC(=O)OC.CCC(OCC(O)CO)[SiH](O[Si](C)(C)C)O[Si](C)(C)C. The van der Waals surface area contributed by atoms with Gasteiger partial charge in [-0.3, -0.25) is 0 Å². The van der Waals surface area contributed by atoms with Crippen LogP contribution in [0.4, 0.5) is 0 Å². The molecule has 0 aliphatic heterocycles. The van der Waals surface area contributed by atoms with Crippen molar-refractivity contribution in [3.05, 3.63) is 12.7 Å². The van der Waals surface area contributed by atoms with Crippen molar-refractivity contribution in [2.24, 2.45) is 0 Å². The summed E-state index contributed by atoms with van der Waals surface area (Å²) in [6.07, 6.45) is 1.07. The summed E-state index contributed by atoms with van der Waals surface area (Å²) in [6, 6.07) is 0. The highest BCUT2D eigenvalue weighted by molar-refractivity contribution is 6.81. The molecule has 156 valence electrons. The van der Waals surface area contributed by atoms with E-state index in [4.69, 9.17) is 18.1 Å². The van der Waals surface area contributed by atoms with Crippen LogP contribution in [0.1, 0.15) is 13.3 Å². The molecule has 0 spiro atoms. The molecule has 0 rings (SSSR count). The molecule has 0 saturated carbocycles. The second-order valence-corrected chi connectivity index (χ2v) is 19.5. The van der Waals surface area contributed by atoms with Crippen LogP contribution >= 0.6 is 0 Å². The van der Waals surface area contributed by atoms with E-state index in [1.165, 1.54) is 7.11 Å². The van der Waals surface area contributed by atoms with E-state index in [1.807, 2.05) is 6.92 Å². The van der Waals surface area contributed by atoms with Gasteiger partial charge in [-0.15, -0.1) is 0 Å². The normalized spacial score (nSPS) is 14.3. The van der Waals surface area contributed by atoms with Gasteiger partial charge >= 0.3 is 15.3 Å². The molecule has 0 aliphatic carbocycles. The van der Waals surface area contributed by atoms with E-state index in [2.05, 4.69) is 50.6 Å². The molecule has 0 radical (unpaired) electrons. The molecule has 0 fully saturated rings. The average molecular weight is 427 g/mol. The Morgan fingerprint density at radius 2 is 1.62 bits per heavy atom. The standard InChI is InChI=1S/C12H32O5Si3.C4H6O2/c1-8-12(15-10-11(14)9-13)18(16-19(2,3)4)17-20(5,6)7;1-3-4(5)6-2/h11-14,18H,8-10H2,1-7H3;3H,1H2,2H3. The number of hydrogen-bond donors (Lipinski definition) is 2. The number of ether oxygens (including phenoxy) is 2. The van der Waals surface area contributed by atoms with Gasteiger partial charge in [0.1, 0.15) is 6.10 Å². The molecule has 2 unspecified atom stereocenters. The van der Waals surface area contributed by atoms with E-state index < -0.39 is 38.0 Å². The van der Waals surface area contributed by atoms with Crippen LogP contribution in [-0.4, -0.2) is 74.3 Å². The number of hydrogen-bond acceptors (Lipinski definition) is 7. The first-order valence-corrected chi connectivity index (χ1v) is 17.2. The number of methoxy groups -OCH3 is 1. The zero-order valence-corrected chi connectivity index (χ0v) is 20.7. The summed E-state index contributed by atoms with van der Waals surface area (Å²) in [5.74, 6) is -0.394. The maximum atomic E-state index is 9.84. The summed E-state index contributed by atoms with van der Waals surface area (Å²) >= 11 is 0. The third kappa shape index (κ3) is 17.1. The molecule has 2 atom stereocenters.